The zero-order valence-electron chi connectivity index (χ0n) is 20.2. The highest BCUT2D eigenvalue weighted by molar-refractivity contribution is 5.92. The first kappa shape index (κ1) is 26.3. The number of aromatic amines is 1. The fourth-order valence-corrected chi connectivity index (χ4v) is 3.38. The Bertz CT molecular complexity index is 1230. The summed E-state index contributed by atoms with van der Waals surface area (Å²) >= 11 is 0. The van der Waals surface area contributed by atoms with Gasteiger partial charge in [-0.15, -0.1) is 0 Å². The number of halogens is 2. The van der Waals surface area contributed by atoms with Gasteiger partial charge < -0.3 is 15.6 Å². The van der Waals surface area contributed by atoms with Gasteiger partial charge in [0.1, 0.15) is 11.5 Å². The summed E-state index contributed by atoms with van der Waals surface area (Å²) in [5.41, 5.74) is 8.28. The molecule has 4 nitrogen and oxygen atoms in total. The van der Waals surface area contributed by atoms with E-state index in [1.165, 1.54) is 5.56 Å². The smallest absolute Gasteiger partial charge is 0.140 e. The average Bonchev–Trinajstić information content (AvgIpc) is 3.29. The summed E-state index contributed by atoms with van der Waals surface area (Å²) in [5.74, 6) is 0.703. The molecule has 4 aromatic rings. The molecule has 2 aromatic carbocycles. The minimum Gasteiger partial charge on any atom is -0.344 e. The summed E-state index contributed by atoms with van der Waals surface area (Å²) in [4.78, 5) is 8.08. The number of benzene rings is 2. The maximum Gasteiger partial charge on any atom is 0.140 e. The van der Waals surface area contributed by atoms with Gasteiger partial charge in [0.25, 0.3) is 0 Å². The quantitative estimate of drug-likeness (QED) is 0.260. The van der Waals surface area contributed by atoms with Crippen LogP contribution in [0.3, 0.4) is 0 Å². The molecule has 178 valence electrons. The Hall–Kier alpha value is -3.93. The van der Waals surface area contributed by atoms with Crippen molar-refractivity contribution in [1.29, 1.82) is 0 Å². The second kappa shape index (κ2) is 12.9. The highest BCUT2D eigenvalue weighted by atomic mass is 19.1. The number of anilines is 2. The van der Waals surface area contributed by atoms with Crippen molar-refractivity contribution in [3.8, 4) is 11.3 Å². The number of nitrogens with zero attached hydrogens (tertiary/aromatic N) is 1. The summed E-state index contributed by atoms with van der Waals surface area (Å²) in [5, 5.41) is 7.63. The Morgan fingerprint density at radius 2 is 1.65 bits per heavy atom. The number of allylic oxidation sites excluding steroid dienone is 1. The Morgan fingerprint density at radius 1 is 0.941 bits per heavy atom. The molecule has 0 aliphatic carbocycles. The normalized spacial score (nSPS) is 9.82. The van der Waals surface area contributed by atoms with Gasteiger partial charge in [-0.05, 0) is 54.8 Å². The van der Waals surface area contributed by atoms with Crippen LogP contribution in [0.25, 0.3) is 27.9 Å². The molecule has 0 fully saturated rings. The Labute approximate surface area is 200 Å². The van der Waals surface area contributed by atoms with E-state index in [0.29, 0.717) is 20.2 Å². The fourth-order valence-electron chi connectivity index (χ4n) is 3.38. The first-order valence-corrected chi connectivity index (χ1v) is 10.9. The standard InChI is InChI=1S/C26H26N4.2CH3F/c1-5-18(3)20-7-6-8-21(15-20)24-14-13-23-25(16-27-26(23)30-24)29-19(4)28-22-11-9-17(2)10-12-22;2*1-2/h6-16,28-29H,3-5H2,1-2H3,(H,27,30);2*1H3. The number of hydrogen-bond donors (Lipinski definition) is 3. The van der Waals surface area contributed by atoms with Crippen LogP contribution in [0.5, 0.6) is 0 Å². The van der Waals surface area contributed by atoms with E-state index in [4.69, 9.17) is 4.98 Å². The monoisotopic (exact) mass is 462 g/mol. The summed E-state index contributed by atoms with van der Waals surface area (Å²) in [7, 11) is 1.00. The van der Waals surface area contributed by atoms with E-state index >= 15 is 0 Å². The molecule has 0 spiro atoms. The van der Waals surface area contributed by atoms with Crippen molar-refractivity contribution in [2.75, 3.05) is 25.0 Å². The highest BCUT2D eigenvalue weighted by Gasteiger charge is 2.09. The van der Waals surface area contributed by atoms with Gasteiger partial charge in [0.15, 0.2) is 0 Å². The molecule has 0 radical (unpaired) electrons. The first-order chi connectivity index (χ1) is 16.5. The summed E-state index contributed by atoms with van der Waals surface area (Å²) in [6.45, 7) is 12.4. The molecular weight excluding hydrogens is 430 g/mol. The Morgan fingerprint density at radius 3 is 2.32 bits per heavy atom. The third kappa shape index (κ3) is 6.54. The summed E-state index contributed by atoms with van der Waals surface area (Å²) in [6, 6.07) is 20.7. The van der Waals surface area contributed by atoms with Crippen LogP contribution in [-0.4, -0.2) is 24.3 Å². The minimum atomic E-state index is 0.500. The number of pyridine rings is 1. The number of alkyl halides is 2. The first-order valence-electron chi connectivity index (χ1n) is 10.9. The van der Waals surface area contributed by atoms with Crippen molar-refractivity contribution in [2.45, 2.75) is 20.3 Å². The SMILES string of the molecule is C=C(Nc1ccc(C)cc1)Nc1c[nH]c2nc(-c3cccc(C(=C)CC)c3)ccc12.CF.CF. The molecule has 2 heterocycles. The van der Waals surface area contributed by atoms with E-state index < -0.39 is 0 Å². The van der Waals surface area contributed by atoms with Crippen molar-refractivity contribution < 1.29 is 8.78 Å². The van der Waals surface area contributed by atoms with Gasteiger partial charge in [0.05, 0.1) is 25.7 Å². The molecule has 0 atom stereocenters. The van der Waals surface area contributed by atoms with Gasteiger partial charge in [-0.3, -0.25) is 8.78 Å². The predicted octanol–water partition coefficient (Wildman–Crippen LogP) is 8.13. The van der Waals surface area contributed by atoms with Crippen molar-refractivity contribution in [3.05, 3.63) is 97.0 Å². The zero-order chi connectivity index (χ0) is 25.1. The van der Waals surface area contributed by atoms with Crippen LogP contribution in [-0.2, 0) is 0 Å². The number of H-pyrrole nitrogens is 1. The number of aryl methyl sites for hydroxylation is 1. The molecule has 34 heavy (non-hydrogen) atoms. The van der Waals surface area contributed by atoms with Crippen molar-refractivity contribution >= 4 is 28.0 Å². The summed E-state index contributed by atoms with van der Waals surface area (Å²) in [6.07, 6.45) is 2.85. The second-order valence-corrected chi connectivity index (χ2v) is 7.43. The molecular formula is C28H32F2N4. The van der Waals surface area contributed by atoms with E-state index in [0.717, 1.165) is 51.2 Å². The predicted molar refractivity (Wildman–Crippen MR) is 142 cm³/mol. The van der Waals surface area contributed by atoms with E-state index in [-0.39, 0.29) is 0 Å². The number of aromatic nitrogens is 2. The van der Waals surface area contributed by atoms with Crippen molar-refractivity contribution in [1.82, 2.24) is 9.97 Å². The third-order valence-corrected chi connectivity index (χ3v) is 5.16. The molecule has 0 unspecified atom stereocenters. The van der Waals surface area contributed by atoms with Gasteiger partial charge in [-0.25, -0.2) is 4.98 Å². The van der Waals surface area contributed by atoms with Crippen molar-refractivity contribution in [3.63, 3.8) is 0 Å². The molecule has 0 saturated carbocycles. The van der Waals surface area contributed by atoms with Gasteiger partial charge in [0.2, 0.25) is 0 Å². The molecule has 0 aliphatic heterocycles. The second-order valence-electron chi connectivity index (χ2n) is 7.43. The zero-order valence-corrected chi connectivity index (χ0v) is 20.2. The van der Waals surface area contributed by atoms with Crippen LogP contribution in [0.15, 0.2) is 85.8 Å². The van der Waals surface area contributed by atoms with E-state index in [2.05, 4.69) is 85.1 Å². The van der Waals surface area contributed by atoms with Crippen LogP contribution in [0.1, 0.15) is 24.5 Å². The minimum absolute atomic E-state index is 0.500. The van der Waals surface area contributed by atoms with Crippen LogP contribution in [0, 0.1) is 6.92 Å². The number of fused-ring (bicyclic) bond motifs is 1. The average molecular weight is 463 g/mol. The Balaban J connectivity index is 0.000000970. The third-order valence-electron chi connectivity index (χ3n) is 5.16. The molecule has 0 saturated heterocycles. The molecule has 0 bridgehead atoms. The lowest BCUT2D eigenvalue weighted by Crippen LogP contribution is -2.07. The summed E-state index contributed by atoms with van der Waals surface area (Å²) < 4.78 is 19.0. The molecule has 6 heteroatoms. The lowest BCUT2D eigenvalue weighted by Gasteiger charge is -2.12. The number of rotatable bonds is 7. The Kier molecular flexibility index (Phi) is 10.0. The fraction of sp³-hybridized carbons (Fsp3) is 0.179. The van der Waals surface area contributed by atoms with E-state index in [9.17, 15) is 8.78 Å². The van der Waals surface area contributed by atoms with Crippen LogP contribution >= 0.6 is 0 Å². The van der Waals surface area contributed by atoms with Gasteiger partial charge in [-0.1, -0.05) is 56.0 Å². The van der Waals surface area contributed by atoms with Crippen LogP contribution < -0.4 is 10.6 Å². The van der Waals surface area contributed by atoms with E-state index in [1.807, 2.05) is 24.4 Å². The molecule has 0 amide bonds. The maximum absolute atomic E-state index is 9.50. The van der Waals surface area contributed by atoms with Crippen molar-refractivity contribution in [2.24, 2.45) is 0 Å². The maximum atomic E-state index is 9.50. The number of nitrogens with one attached hydrogen (secondary N) is 3. The molecule has 2 aromatic heterocycles. The molecule has 4 rings (SSSR count). The lowest BCUT2D eigenvalue weighted by atomic mass is 10.0. The van der Waals surface area contributed by atoms with Gasteiger partial charge in [0, 0.05) is 22.8 Å². The highest BCUT2D eigenvalue weighted by Crippen LogP contribution is 2.28. The molecule has 0 aliphatic rings. The van der Waals surface area contributed by atoms with E-state index in [1.54, 1.807) is 0 Å². The topological polar surface area (TPSA) is 52.7 Å². The number of hydrogen-bond acceptors (Lipinski definition) is 3. The van der Waals surface area contributed by atoms with Gasteiger partial charge in [-0.2, -0.15) is 0 Å². The molecule has 3 N–H and O–H groups in total. The van der Waals surface area contributed by atoms with Gasteiger partial charge >= 0.3 is 0 Å². The van der Waals surface area contributed by atoms with Crippen LogP contribution in [0.2, 0.25) is 0 Å². The van der Waals surface area contributed by atoms with Crippen LogP contribution in [0.4, 0.5) is 20.2 Å². The lowest BCUT2D eigenvalue weighted by molar-refractivity contribution is 0.635. The largest absolute Gasteiger partial charge is 0.344 e.